The first-order valence-corrected chi connectivity index (χ1v) is 10.2. The van der Waals surface area contributed by atoms with Gasteiger partial charge in [0.2, 0.25) is 0 Å². The predicted octanol–water partition coefficient (Wildman–Crippen LogP) is 3.91. The number of amides is 1. The maximum atomic E-state index is 12.8. The Balaban J connectivity index is 1.73. The number of halogens is 1. The third-order valence-electron chi connectivity index (χ3n) is 4.29. The second-order valence-electron chi connectivity index (χ2n) is 6.12. The van der Waals surface area contributed by atoms with Crippen molar-refractivity contribution < 1.29 is 19.0 Å². The number of aromatic nitrogens is 1. The van der Waals surface area contributed by atoms with Crippen LogP contribution in [0.2, 0.25) is 5.02 Å². The van der Waals surface area contributed by atoms with Gasteiger partial charge in [-0.25, -0.2) is 0 Å². The van der Waals surface area contributed by atoms with Gasteiger partial charge in [0.15, 0.2) is 16.3 Å². The van der Waals surface area contributed by atoms with E-state index in [1.807, 2.05) is 29.7 Å². The molecular formula is C20H19ClN2O4S. The molecule has 0 unspecified atom stereocenters. The van der Waals surface area contributed by atoms with E-state index in [1.165, 1.54) is 11.3 Å². The van der Waals surface area contributed by atoms with E-state index < -0.39 is 0 Å². The lowest BCUT2D eigenvalue weighted by atomic mass is 10.2. The van der Waals surface area contributed by atoms with Crippen LogP contribution in [0, 0.1) is 0 Å². The minimum atomic E-state index is -0.334. The van der Waals surface area contributed by atoms with Gasteiger partial charge in [0.05, 0.1) is 16.8 Å². The van der Waals surface area contributed by atoms with Gasteiger partial charge in [-0.3, -0.25) is 4.79 Å². The molecule has 0 radical (unpaired) electrons. The number of carbonyl (C=O) groups is 1. The Hall–Kier alpha value is -2.35. The molecular weight excluding hydrogens is 400 g/mol. The zero-order valence-corrected chi connectivity index (χ0v) is 16.9. The normalized spacial score (nSPS) is 13.9. The maximum Gasteiger partial charge on any atom is 0.279 e. The average molecular weight is 419 g/mol. The molecule has 8 heteroatoms. The van der Waals surface area contributed by atoms with Gasteiger partial charge < -0.3 is 18.8 Å². The van der Waals surface area contributed by atoms with E-state index in [4.69, 9.17) is 25.8 Å². The molecule has 4 rings (SSSR count). The van der Waals surface area contributed by atoms with Gasteiger partial charge >= 0.3 is 0 Å². The molecule has 146 valence electrons. The van der Waals surface area contributed by atoms with Crippen LogP contribution in [0.4, 0.5) is 0 Å². The fraction of sp³-hybridized carbons (Fsp3) is 0.300. The second kappa shape index (κ2) is 8.34. The summed E-state index contributed by atoms with van der Waals surface area (Å²) in [6.07, 6.45) is 0. The van der Waals surface area contributed by atoms with Gasteiger partial charge in [0.25, 0.3) is 5.91 Å². The standard InChI is InChI=1S/C20H19ClN2O4S/c1-2-25-8-7-23-15-5-4-14(21)12-18(15)28-20(23)22-19(24)13-3-6-16-17(11-13)27-10-9-26-16/h3-6,11-12H,2,7-10H2,1H3. The van der Waals surface area contributed by atoms with Crippen LogP contribution in [0.15, 0.2) is 41.4 Å². The molecule has 0 spiro atoms. The summed E-state index contributed by atoms with van der Waals surface area (Å²) in [5.74, 6) is 0.880. The molecule has 6 nitrogen and oxygen atoms in total. The summed E-state index contributed by atoms with van der Waals surface area (Å²) in [5.41, 5.74) is 1.43. The number of hydrogen-bond acceptors (Lipinski definition) is 5. The van der Waals surface area contributed by atoms with Crippen molar-refractivity contribution >= 4 is 39.1 Å². The molecule has 2 aromatic carbocycles. The monoisotopic (exact) mass is 418 g/mol. The highest BCUT2D eigenvalue weighted by Crippen LogP contribution is 2.31. The molecule has 1 aliphatic rings. The summed E-state index contributed by atoms with van der Waals surface area (Å²) in [4.78, 5) is 17.8. The highest BCUT2D eigenvalue weighted by molar-refractivity contribution is 7.16. The summed E-state index contributed by atoms with van der Waals surface area (Å²) in [7, 11) is 0. The molecule has 1 aliphatic heterocycles. The first-order valence-electron chi connectivity index (χ1n) is 9.01. The summed E-state index contributed by atoms with van der Waals surface area (Å²) < 4.78 is 19.5. The molecule has 0 atom stereocenters. The number of nitrogens with zero attached hydrogens (tertiary/aromatic N) is 2. The Morgan fingerprint density at radius 3 is 2.86 bits per heavy atom. The molecule has 3 aromatic rings. The van der Waals surface area contributed by atoms with Gasteiger partial charge in [0, 0.05) is 23.7 Å². The molecule has 0 fully saturated rings. The minimum Gasteiger partial charge on any atom is -0.486 e. The highest BCUT2D eigenvalue weighted by atomic mass is 35.5. The summed E-state index contributed by atoms with van der Waals surface area (Å²) in [6.45, 7) is 4.70. The van der Waals surface area contributed by atoms with Crippen LogP contribution in [0.5, 0.6) is 11.5 Å². The quantitative estimate of drug-likeness (QED) is 0.589. The second-order valence-corrected chi connectivity index (χ2v) is 7.57. The summed E-state index contributed by atoms with van der Waals surface area (Å²) in [5, 5.41) is 0.649. The molecule has 0 N–H and O–H groups in total. The lowest BCUT2D eigenvalue weighted by Crippen LogP contribution is -2.20. The van der Waals surface area contributed by atoms with Crippen molar-refractivity contribution in [2.24, 2.45) is 4.99 Å². The minimum absolute atomic E-state index is 0.334. The van der Waals surface area contributed by atoms with Crippen LogP contribution < -0.4 is 14.3 Å². The van der Waals surface area contributed by atoms with E-state index >= 15 is 0 Å². The Kier molecular flexibility index (Phi) is 5.66. The molecule has 0 saturated carbocycles. The Morgan fingerprint density at radius 2 is 2.04 bits per heavy atom. The molecule has 1 amide bonds. The van der Waals surface area contributed by atoms with Crippen LogP contribution in [0.25, 0.3) is 10.2 Å². The van der Waals surface area contributed by atoms with Gasteiger partial charge in [-0.2, -0.15) is 4.99 Å². The van der Waals surface area contributed by atoms with E-state index in [0.717, 1.165) is 10.2 Å². The Morgan fingerprint density at radius 1 is 1.21 bits per heavy atom. The van der Waals surface area contributed by atoms with Crippen molar-refractivity contribution in [3.63, 3.8) is 0 Å². The fourth-order valence-electron chi connectivity index (χ4n) is 2.98. The Bertz CT molecular complexity index is 1090. The van der Waals surface area contributed by atoms with E-state index in [9.17, 15) is 4.79 Å². The lowest BCUT2D eigenvalue weighted by Gasteiger charge is -2.18. The van der Waals surface area contributed by atoms with E-state index in [1.54, 1.807) is 18.2 Å². The molecule has 28 heavy (non-hydrogen) atoms. The van der Waals surface area contributed by atoms with Gasteiger partial charge in [-0.05, 0) is 43.3 Å². The van der Waals surface area contributed by atoms with Gasteiger partial charge in [-0.15, -0.1) is 0 Å². The smallest absolute Gasteiger partial charge is 0.279 e. The topological polar surface area (TPSA) is 62.1 Å². The van der Waals surface area contributed by atoms with Crippen molar-refractivity contribution in [1.29, 1.82) is 0 Å². The number of thiazole rings is 1. The van der Waals surface area contributed by atoms with Gasteiger partial charge in [0.1, 0.15) is 13.2 Å². The Labute approximate surface area is 170 Å². The molecule has 0 bridgehead atoms. The lowest BCUT2D eigenvalue weighted by molar-refractivity contribution is 0.0995. The summed E-state index contributed by atoms with van der Waals surface area (Å²) >= 11 is 7.55. The first kappa shape index (κ1) is 19.0. The maximum absolute atomic E-state index is 12.8. The van der Waals surface area contributed by atoms with Crippen LogP contribution in [-0.2, 0) is 11.3 Å². The van der Waals surface area contributed by atoms with Crippen LogP contribution in [0.1, 0.15) is 17.3 Å². The summed E-state index contributed by atoms with van der Waals surface area (Å²) in [6, 6.07) is 10.8. The van der Waals surface area contributed by atoms with Crippen molar-refractivity contribution in [3.05, 3.63) is 51.8 Å². The van der Waals surface area contributed by atoms with Crippen LogP contribution in [0.3, 0.4) is 0 Å². The van der Waals surface area contributed by atoms with Crippen LogP contribution in [-0.4, -0.2) is 36.9 Å². The van der Waals surface area contributed by atoms with E-state index in [2.05, 4.69) is 4.99 Å². The first-order chi connectivity index (χ1) is 13.7. The molecule has 0 saturated heterocycles. The third kappa shape index (κ3) is 3.92. The number of benzene rings is 2. The third-order valence-corrected chi connectivity index (χ3v) is 5.57. The average Bonchev–Trinajstić information content (AvgIpc) is 3.04. The highest BCUT2D eigenvalue weighted by Gasteiger charge is 2.15. The SMILES string of the molecule is CCOCCn1c(=NC(=O)c2ccc3c(c2)OCCO3)sc2cc(Cl)ccc21. The van der Waals surface area contributed by atoms with Crippen LogP contribution >= 0.6 is 22.9 Å². The molecule has 1 aromatic heterocycles. The zero-order chi connectivity index (χ0) is 19.5. The number of ether oxygens (including phenoxy) is 3. The van der Waals surface area contributed by atoms with Crippen molar-refractivity contribution in [3.8, 4) is 11.5 Å². The number of carbonyl (C=O) groups excluding carboxylic acids is 1. The number of hydrogen-bond donors (Lipinski definition) is 0. The largest absolute Gasteiger partial charge is 0.486 e. The molecule has 2 heterocycles. The van der Waals surface area contributed by atoms with Crippen molar-refractivity contribution in [1.82, 2.24) is 4.57 Å². The molecule has 0 aliphatic carbocycles. The van der Waals surface area contributed by atoms with Crippen molar-refractivity contribution in [2.45, 2.75) is 13.5 Å². The van der Waals surface area contributed by atoms with E-state index in [0.29, 0.717) is 59.9 Å². The van der Waals surface area contributed by atoms with Gasteiger partial charge in [-0.1, -0.05) is 22.9 Å². The fourth-order valence-corrected chi connectivity index (χ4v) is 4.31. The van der Waals surface area contributed by atoms with Crippen molar-refractivity contribution in [2.75, 3.05) is 26.4 Å². The number of fused-ring (bicyclic) bond motifs is 2. The predicted molar refractivity (Wildman–Crippen MR) is 109 cm³/mol. The van der Waals surface area contributed by atoms with E-state index in [-0.39, 0.29) is 5.91 Å². The number of rotatable bonds is 5. The zero-order valence-electron chi connectivity index (χ0n) is 15.3.